The van der Waals surface area contributed by atoms with Gasteiger partial charge in [-0.2, -0.15) is 0 Å². The average molecular weight is 451 g/mol. The molecule has 1 aromatic heterocycles. The molecule has 2 heterocycles. The number of aromatic nitrogens is 1. The van der Waals surface area contributed by atoms with Crippen LogP contribution in [0.4, 0.5) is 16.2 Å². The van der Waals surface area contributed by atoms with Gasteiger partial charge in [0.1, 0.15) is 11.9 Å². The van der Waals surface area contributed by atoms with Crippen molar-refractivity contribution in [1.82, 2.24) is 4.98 Å². The fourth-order valence-electron chi connectivity index (χ4n) is 3.52. The summed E-state index contributed by atoms with van der Waals surface area (Å²) >= 11 is 0. The number of methoxy groups -OCH3 is 1. The van der Waals surface area contributed by atoms with E-state index >= 15 is 0 Å². The third kappa shape index (κ3) is 6.11. The number of urea groups is 1. The van der Waals surface area contributed by atoms with Crippen molar-refractivity contribution in [3.8, 4) is 17.1 Å². The second kappa shape index (κ2) is 10.6. The van der Waals surface area contributed by atoms with Crippen LogP contribution in [-0.4, -0.2) is 43.4 Å². The van der Waals surface area contributed by atoms with Crippen LogP contribution in [-0.2, 0) is 20.7 Å². The maximum atomic E-state index is 12.5. The third-order valence-corrected chi connectivity index (χ3v) is 5.15. The van der Waals surface area contributed by atoms with Crippen molar-refractivity contribution in [1.29, 1.82) is 0 Å². The molecule has 0 aliphatic carbocycles. The maximum Gasteiger partial charge on any atom is 0.323 e. The number of oxazole rings is 1. The molecule has 9 nitrogen and oxygen atoms in total. The first-order chi connectivity index (χ1) is 16.1. The van der Waals surface area contributed by atoms with Gasteiger partial charge >= 0.3 is 12.0 Å². The summed E-state index contributed by atoms with van der Waals surface area (Å²) in [5.74, 6) is 0.868. The van der Waals surface area contributed by atoms with Crippen molar-refractivity contribution in [3.05, 3.63) is 60.6 Å². The first kappa shape index (κ1) is 22.3. The topological polar surface area (TPSA) is 112 Å². The van der Waals surface area contributed by atoms with Gasteiger partial charge in [0.15, 0.2) is 12.2 Å². The van der Waals surface area contributed by atoms with E-state index in [9.17, 15) is 9.59 Å². The number of anilines is 2. The van der Waals surface area contributed by atoms with Gasteiger partial charge in [-0.3, -0.25) is 4.79 Å². The van der Waals surface area contributed by atoms with Gasteiger partial charge in [0.2, 0.25) is 0 Å². The van der Waals surface area contributed by atoms with Crippen molar-refractivity contribution >= 4 is 23.4 Å². The second-order valence-electron chi connectivity index (χ2n) is 7.54. The van der Waals surface area contributed by atoms with Crippen molar-refractivity contribution in [2.24, 2.45) is 0 Å². The lowest BCUT2D eigenvalue weighted by atomic mass is 10.1. The van der Waals surface area contributed by atoms with Crippen molar-refractivity contribution < 1.29 is 28.2 Å². The summed E-state index contributed by atoms with van der Waals surface area (Å²) in [6, 6.07) is 12.2. The minimum Gasteiger partial charge on any atom is -0.496 e. The molecule has 1 fully saturated rings. The third-order valence-electron chi connectivity index (χ3n) is 5.15. The summed E-state index contributed by atoms with van der Waals surface area (Å²) in [4.78, 5) is 28.4. The van der Waals surface area contributed by atoms with Crippen LogP contribution < -0.4 is 15.4 Å². The van der Waals surface area contributed by atoms with Gasteiger partial charge in [0.25, 0.3) is 0 Å². The molecule has 0 spiro atoms. The summed E-state index contributed by atoms with van der Waals surface area (Å²) in [5.41, 5.74) is 2.83. The number of aryl methyl sites for hydroxylation is 1. The quantitative estimate of drug-likeness (QED) is 0.492. The fourth-order valence-corrected chi connectivity index (χ4v) is 3.52. The Kier molecular flexibility index (Phi) is 7.21. The van der Waals surface area contributed by atoms with Crippen molar-refractivity contribution in [2.75, 3.05) is 31.0 Å². The molecule has 1 aliphatic rings. The number of amides is 2. The molecule has 1 unspecified atom stereocenters. The normalized spacial score (nSPS) is 15.1. The highest BCUT2D eigenvalue weighted by atomic mass is 16.6. The van der Waals surface area contributed by atoms with E-state index in [0.717, 1.165) is 17.5 Å². The number of rotatable bonds is 8. The van der Waals surface area contributed by atoms with Gasteiger partial charge in [0.05, 0.1) is 32.1 Å². The molecule has 2 N–H and O–H groups in total. The van der Waals surface area contributed by atoms with E-state index in [1.807, 2.05) is 18.2 Å². The number of esters is 1. The molecule has 33 heavy (non-hydrogen) atoms. The van der Waals surface area contributed by atoms with E-state index in [-0.39, 0.29) is 18.5 Å². The van der Waals surface area contributed by atoms with E-state index in [4.69, 9.17) is 18.6 Å². The molecule has 0 saturated carbocycles. The number of benzene rings is 2. The van der Waals surface area contributed by atoms with E-state index in [1.54, 1.807) is 37.6 Å². The maximum absolute atomic E-state index is 12.5. The van der Waals surface area contributed by atoms with Crippen LogP contribution in [0.3, 0.4) is 0 Å². The molecule has 0 bridgehead atoms. The standard InChI is InChI=1S/C24H25N3O6/c1-30-21-12-18(6-7-20(21)22-13-25-15-32-22)27-24(29)26-17-4-2-3-16(11-17)5-8-23(28)33-19-9-10-31-14-19/h2-4,6-7,11-13,15,19H,5,8-10,14H2,1H3,(H2,26,27,29). The van der Waals surface area contributed by atoms with Crippen LogP contribution in [0.15, 0.2) is 59.5 Å². The van der Waals surface area contributed by atoms with Gasteiger partial charge in [-0.05, 0) is 36.2 Å². The Hall–Kier alpha value is -3.85. The van der Waals surface area contributed by atoms with Crippen LogP contribution in [0, 0.1) is 0 Å². The number of carbonyl (C=O) groups excluding carboxylic acids is 2. The largest absolute Gasteiger partial charge is 0.496 e. The van der Waals surface area contributed by atoms with Gasteiger partial charge in [-0.15, -0.1) is 0 Å². The number of hydrogen-bond donors (Lipinski definition) is 2. The molecule has 1 saturated heterocycles. The fraction of sp³-hybridized carbons (Fsp3) is 0.292. The molecule has 0 radical (unpaired) electrons. The first-order valence-electron chi connectivity index (χ1n) is 10.6. The Bertz CT molecular complexity index is 1090. The van der Waals surface area contributed by atoms with Crippen LogP contribution in [0.25, 0.3) is 11.3 Å². The lowest BCUT2D eigenvalue weighted by Gasteiger charge is -2.12. The molecule has 1 aliphatic heterocycles. The summed E-state index contributed by atoms with van der Waals surface area (Å²) < 4.78 is 21.3. The predicted octanol–water partition coefficient (Wildman–Crippen LogP) is 4.26. The van der Waals surface area contributed by atoms with Crippen molar-refractivity contribution in [3.63, 3.8) is 0 Å². The number of hydrogen-bond acceptors (Lipinski definition) is 7. The lowest BCUT2D eigenvalue weighted by Crippen LogP contribution is -2.19. The molecule has 4 rings (SSSR count). The van der Waals surface area contributed by atoms with E-state index < -0.39 is 6.03 Å². The minimum atomic E-state index is -0.401. The zero-order valence-corrected chi connectivity index (χ0v) is 18.2. The molecule has 2 aromatic carbocycles. The Morgan fingerprint density at radius 3 is 2.73 bits per heavy atom. The summed E-state index contributed by atoms with van der Waals surface area (Å²) in [6.45, 7) is 1.10. The van der Waals surface area contributed by atoms with E-state index in [0.29, 0.717) is 42.5 Å². The molecule has 172 valence electrons. The predicted molar refractivity (Wildman–Crippen MR) is 121 cm³/mol. The molecule has 3 aromatic rings. The van der Waals surface area contributed by atoms with Gasteiger partial charge in [0, 0.05) is 30.3 Å². The monoisotopic (exact) mass is 451 g/mol. The molecule has 2 amide bonds. The van der Waals surface area contributed by atoms with Crippen LogP contribution in [0.5, 0.6) is 5.75 Å². The highest BCUT2D eigenvalue weighted by Gasteiger charge is 2.19. The zero-order valence-electron chi connectivity index (χ0n) is 18.2. The first-order valence-corrected chi connectivity index (χ1v) is 10.6. The van der Waals surface area contributed by atoms with Gasteiger partial charge < -0.3 is 29.3 Å². The van der Waals surface area contributed by atoms with Gasteiger partial charge in [-0.25, -0.2) is 9.78 Å². The molecular formula is C24H25N3O6. The van der Waals surface area contributed by atoms with Crippen LogP contribution in [0.2, 0.25) is 0 Å². The summed E-state index contributed by atoms with van der Waals surface area (Å²) in [7, 11) is 1.54. The van der Waals surface area contributed by atoms with E-state index in [2.05, 4.69) is 15.6 Å². The zero-order chi connectivity index (χ0) is 23.0. The molecule has 1 atom stereocenters. The van der Waals surface area contributed by atoms with E-state index in [1.165, 1.54) is 6.39 Å². The van der Waals surface area contributed by atoms with Crippen LogP contribution in [0.1, 0.15) is 18.4 Å². The second-order valence-corrected chi connectivity index (χ2v) is 7.54. The lowest BCUT2D eigenvalue weighted by molar-refractivity contribution is -0.148. The molecule has 9 heteroatoms. The highest BCUT2D eigenvalue weighted by molar-refractivity contribution is 6.00. The number of ether oxygens (including phenoxy) is 3. The smallest absolute Gasteiger partial charge is 0.323 e. The summed E-state index contributed by atoms with van der Waals surface area (Å²) in [5, 5.41) is 5.59. The number of nitrogens with zero attached hydrogens (tertiary/aromatic N) is 1. The average Bonchev–Trinajstić information content (AvgIpc) is 3.52. The minimum absolute atomic E-state index is 0.141. The number of carbonyl (C=O) groups is 2. The Morgan fingerprint density at radius 1 is 1.15 bits per heavy atom. The SMILES string of the molecule is COc1cc(NC(=O)Nc2cccc(CCC(=O)OC3CCOC3)c2)ccc1-c1cnco1. The number of nitrogens with one attached hydrogen (secondary N) is 2. The highest BCUT2D eigenvalue weighted by Crippen LogP contribution is 2.32. The van der Waals surface area contributed by atoms with Crippen molar-refractivity contribution in [2.45, 2.75) is 25.4 Å². The Labute approximate surface area is 191 Å². The Morgan fingerprint density at radius 2 is 2.00 bits per heavy atom. The van der Waals surface area contributed by atoms with Crippen LogP contribution >= 0.6 is 0 Å². The summed E-state index contributed by atoms with van der Waals surface area (Å²) in [6.07, 6.45) is 4.32. The van der Waals surface area contributed by atoms with Gasteiger partial charge in [-0.1, -0.05) is 12.1 Å². The molecular weight excluding hydrogens is 426 g/mol. The Balaban J connectivity index is 1.31.